The molecule has 0 atom stereocenters. The number of hydrogen-bond donors (Lipinski definition) is 2. The number of benzene rings is 1. The van der Waals surface area contributed by atoms with Crippen LogP contribution in [0.25, 0.3) is 0 Å². The summed E-state index contributed by atoms with van der Waals surface area (Å²) in [6, 6.07) is 11.9. The first-order chi connectivity index (χ1) is 9.17. The number of aromatic nitrogens is 1. The summed E-state index contributed by atoms with van der Waals surface area (Å²) in [4.78, 5) is 15.7. The second-order valence-electron chi connectivity index (χ2n) is 3.67. The molecule has 0 fully saturated rings. The Balaban J connectivity index is 2.05. The highest BCUT2D eigenvalue weighted by molar-refractivity contribution is 6.29. The summed E-state index contributed by atoms with van der Waals surface area (Å²) >= 11 is 5.81. The number of halogens is 1. The number of amides is 2. The monoisotopic (exact) mass is 277 g/mol. The minimum Gasteiger partial charge on any atom is -0.481 e. The number of ether oxygens (including phenoxy) is 1. The number of para-hydroxylation sites is 1. The van der Waals surface area contributed by atoms with Gasteiger partial charge >= 0.3 is 6.03 Å². The van der Waals surface area contributed by atoms with Crippen molar-refractivity contribution in [3.05, 3.63) is 47.6 Å². The summed E-state index contributed by atoms with van der Waals surface area (Å²) in [6.45, 7) is 0. The van der Waals surface area contributed by atoms with E-state index in [4.69, 9.17) is 16.3 Å². The summed E-state index contributed by atoms with van der Waals surface area (Å²) in [5.41, 5.74) is 1.21. The predicted molar refractivity (Wildman–Crippen MR) is 74.9 cm³/mol. The van der Waals surface area contributed by atoms with Crippen LogP contribution in [0, 0.1) is 0 Å². The van der Waals surface area contributed by atoms with E-state index in [1.54, 1.807) is 18.2 Å². The van der Waals surface area contributed by atoms with Gasteiger partial charge in [0.15, 0.2) is 0 Å². The van der Waals surface area contributed by atoms with Gasteiger partial charge in [0, 0.05) is 11.8 Å². The average Bonchev–Trinajstić information content (AvgIpc) is 2.38. The lowest BCUT2D eigenvalue weighted by atomic mass is 10.3. The van der Waals surface area contributed by atoms with Gasteiger partial charge in [-0.15, -0.1) is 0 Å². The van der Waals surface area contributed by atoms with Crippen LogP contribution in [0.4, 0.5) is 16.2 Å². The Labute approximate surface area is 115 Å². The first-order valence-corrected chi connectivity index (χ1v) is 5.90. The van der Waals surface area contributed by atoms with Gasteiger partial charge in [-0.2, -0.15) is 0 Å². The molecule has 2 aromatic rings. The topological polar surface area (TPSA) is 63.2 Å². The number of pyridine rings is 1. The van der Waals surface area contributed by atoms with Crippen LogP contribution in [-0.4, -0.2) is 18.1 Å². The molecule has 0 unspecified atom stereocenters. The Kier molecular flexibility index (Phi) is 4.20. The lowest BCUT2D eigenvalue weighted by Crippen LogP contribution is -2.19. The summed E-state index contributed by atoms with van der Waals surface area (Å²) in [6.07, 6.45) is 0. The Morgan fingerprint density at radius 2 is 1.84 bits per heavy atom. The van der Waals surface area contributed by atoms with E-state index in [0.717, 1.165) is 0 Å². The maximum Gasteiger partial charge on any atom is 0.323 e. The minimum atomic E-state index is -0.365. The Bertz CT molecular complexity index is 575. The molecule has 1 aromatic carbocycles. The number of carbonyl (C=O) groups excluding carboxylic acids is 1. The van der Waals surface area contributed by atoms with Gasteiger partial charge in [0.2, 0.25) is 5.88 Å². The minimum absolute atomic E-state index is 0.245. The van der Waals surface area contributed by atoms with Crippen molar-refractivity contribution in [2.45, 2.75) is 0 Å². The van der Waals surface area contributed by atoms with Crippen molar-refractivity contribution < 1.29 is 9.53 Å². The Hall–Kier alpha value is -2.27. The summed E-state index contributed by atoms with van der Waals surface area (Å²) in [5.74, 6) is 0.336. The molecule has 1 heterocycles. The van der Waals surface area contributed by atoms with E-state index >= 15 is 0 Å². The molecule has 0 saturated heterocycles. The van der Waals surface area contributed by atoms with Crippen molar-refractivity contribution in [1.29, 1.82) is 0 Å². The zero-order chi connectivity index (χ0) is 13.7. The number of carbonyl (C=O) groups is 1. The van der Waals surface area contributed by atoms with Gasteiger partial charge in [-0.05, 0) is 18.2 Å². The molecule has 6 heteroatoms. The predicted octanol–water partition coefficient (Wildman–Crippen LogP) is 3.39. The zero-order valence-corrected chi connectivity index (χ0v) is 10.9. The fourth-order valence-corrected chi connectivity index (χ4v) is 1.67. The molecule has 2 rings (SSSR count). The van der Waals surface area contributed by atoms with E-state index in [9.17, 15) is 4.79 Å². The molecule has 19 heavy (non-hydrogen) atoms. The van der Waals surface area contributed by atoms with Gasteiger partial charge in [0.05, 0.1) is 12.8 Å². The highest BCUT2D eigenvalue weighted by Gasteiger charge is 2.05. The number of methoxy groups -OCH3 is 1. The number of hydrogen-bond acceptors (Lipinski definition) is 3. The third-order valence-corrected chi connectivity index (χ3v) is 2.46. The molecule has 0 aliphatic heterocycles. The Morgan fingerprint density at radius 3 is 2.53 bits per heavy atom. The lowest BCUT2D eigenvalue weighted by Gasteiger charge is -2.08. The number of nitrogens with zero attached hydrogens (tertiary/aromatic N) is 1. The highest BCUT2D eigenvalue weighted by atomic mass is 35.5. The second-order valence-corrected chi connectivity index (χ2v) is 4.05. The number of anilines is 2. The van der Waals surface area contributed by atoms with Crippen molar-refractivity contribution in [2.24, 2.45) is 0 Å². The smallest absolute Gasteiger partial charge is 0.323 e. The average molecular weight is 278 g/mol. The van der Waals surface area contributed by atoms with Crippen molar-refractivity contribution in [3.63, 3.8) is 0 Å². The van der Waals surface area contributed by atoms with E-state index in [1.807, 2.05) is 18.2 Å². The van der Waals surface area contributed by atoms with Gasteiger partial charge in [-0.3, -0.25) is 0 Å². The molecule has 0 saturated carbocycles. The zero-order valence-electron chi connectivity index (χ0n) is 10.2. The molecule has 0 spiro atoms. The van der Waals surface area contributed by atoms with E-state index in [2.05, 4.69) is 15.6 Å². The molecule has 0 aliphatic carbocycles. The maximum atomic E-state index is 11.8. The van der Waals surface area contributed by atoms with Gasteiger partial charge in [-0.25, -0.2) is 9.78 Å². The summed E-state index contributed by atoms with van der Waals surface area (Å²) in [7, 11) is 1.48. The molecule has 0 bridgehead atoms. The van der Waals surface area contributed by atoms with Crippen LogP contribution in [0.3, 0.4) is 0 Å². The molecule has 98 valence electrons. The normalized spacial score (nSPS) is 9.79. The van der Waals surface area contributed by atoms with Crippen molar-refractivity contribution in [1.82, 2.24) is 4.98 Å². The van der Waals surface area contributed by atoms with Gasteiger partial charge in [0.25, 0.3) is 0 Å². The lowest BCUT2D eigenvalue weighted by molar-refractivity contribution is 0.262. The Morgan fingerprint density at radius 1 is 1.16 bits per heavy atom. The van der Waals surface area contributed by atoms with Gasteiger partial charge in [-0.1, -0.05) is 29.8 Å². The molecular weight excluding hydrogens is 266 g/mol. The van der Waals surface area contributed by atoms with E-state index in [1.165, 1.54) is 13.2 Å². The molecule has 0 radical (unpaired) electrons. The van der Waals surface area contributed by atoms with Crippen LogP contribution in [0.15, 0.2) is 42.5 Å². The van der Waals surface area contributed by atoms with E-state index in [-0.39, 0.29) is 11.2 Å². The van der Waals surface area contributed by atoms with Crippen LogP contribution in [0.5, 0.6) is 5.88 Å². The summed E-state index contributed by atoms with van der Waals surface area (Å²) < 4.78 is 4.97. The second kappa shape index (κ2) is 6.06. The number of nitrogens with one attached hydrogen (secondary N) is 2. The first kappa shape index (κ1) is 13.2. The van der Waals surface area contributed by atoms with Crippen molar-refractivity contribution >= 4 is 29.0 Å². The van der Waals surface area contributed by atoms with Gasteiger partial charge in [0.1, 0.15) is 5.15 Å². The number of rotatable bonds is 3. The largest absolute Gasteiger partial charge is 0.481 e. The van der Waals surface area contributed by atoms with Crippen molar-refractivity contribution in [2.75, 3.05) is 17.7 Å². The molecule has 5 nitrogen and oxygen atoms in total. The highest BCUT2D eigenvalue weighted by Crippen LogP contribution is 2.20. The standard InChI is InChI=1S/C13H12ClN3O2/c1-19-12-8-10(7-11(14)17-12)16-13(18)15-9-5-3-2-4-6-9/h2-8H,1H3,(H2,15,16,17,18). The fourth-order valence-electron chi connectivity index (χ4n) is 1.46. The van der Waals surface area contributed by atoms with Crippen molar-refractivity contribution in [3.8, 4) is 5.88 Å². The van der Waals surface area contributed by atoms with Crippen LogP contribution in [0.2, 0.25) is 5.15 Å². The van der Waals surface area contributed by atoms with Crippen LogP contribution in [-0.2, 0) is 0 Å². The van der Waals surface area contributed by atoms with Crippen LogP contribution < -0.4 is 15.4 Å². The van der Waals surface area contributed by atoms with Crippen LogP contribution in [0.1, 0.15) is 0 Å². The molecule has 0 aliphatic rings. The molecular formula is C13H12ClN3O2. The number of urea groups is 1. The molecule has 2 N–H and O–H groups in total. The first-order valence-electron chi connectivity index (χ1n) is 5.52. The fraction of sp³-hybridized carbons (Fsp3) is 0.0769. The SMILES string of the molecule is COc1cc(NC(=O)Nc2ccccc2)cc(Cl)n1. The molecule has 2 amide bonds. The van der Waals surface area contributed by atoms with E-state index in [0.29, 0.717) is 17.3 Å². The summed E-state index contributed by atoms with van der Waals surface area (Å²) in [5, 5.41) is 5.59. The molecule has 1 aromatic heterocycles. The maximum absolute atomic E-state index is 11.8. The van der Waals surface area contributed by atoms with Crippen LogP contribution >= 0.6 is 11.6 Å². The quantitative estimate of drug-likeness (QED) is 0.845. The van der Waals surface area contributed by atoms with E-state index < -0.39 is 0 Å². The third kappa shape index (κ3) is 3.86. The van der Waals surface area contributed by atoms with Gasteiger partial charge < -0.3 is 15.4 Å². The third-order valence-electron chi connectivity index (χ3n) is 2.27.